The number of carbonyl (C=O) groups is 1. The van der Waals surface area contributed by atoms with E-state index in [1.54, 1.807) is 38.5 Å². The lowest BCUT2D eigenvalue weighted by atomic mass is 10.0. The first kappa shape index (κ1) is 37.6. The normalized spacial score (nSPS) is 12.1. The first-order valence-corrected chi connectivity index (χ1v) is 18.2. The van der Waals surface area contributed by atoms with E-state index in [4.69, 9.17) is 9.47 Å². The van der Waals surface area contributed by atoms with Gasteiger partial charge >= 0.3 is 0 Å². The fourth-order valence-corrected chi connectivity index (χ4v) is 7.00. The number of fused-ring (bicyclic) bond motifs is 1. The Morgan fingerprint density at radius 2 is 1.51 bits per heavy atom. The first-order chi connectivity index (χ1) is 24.5. The first-order valence-electron chi connectivity index (χ1n) is 18.2. The number of aryl methyl sites for hydroxylation is 1. The summed E-state index contributed by atoms with van der Waals surface area (Å²) in [6.45, 7) is 18.2. The molecule has 270 valence electrons. The molecule has 51 heavy (non-hydrogen) atoms. The molecule has 1 unspecified atom stereocenters. The molecule has 1 heterocycles. The van der Waals surface area contributed by atoms with Crippen molar-refractivity contribution in [3.8, 4) is 22.6 Å². The SMILES string of the molecule is CCCN(CCC(C)C)CC(C)Cn1c(C)c(C)c2cc(Cc3ccc(C(=O)Nc4cc(OC)c(-c5ccc(F)cc5)c(OC)c4)cc3)ccc21. The van der Waals surface area contributed by atoms with Crippen molar-refractivity contribution in [2.75, 3.05) is 39.2 Å². The van der Waals surface area contributed by atoms with E-state index >= 15 is 0 Å². The van der Waals surface area contributed by atoms with Gasteiger partial charge in [-0.05, 0) is 117 Å². The predicted molar refractivity (Wildman–Crippen MR) is 209 cm³/mol. The fourth-order valence-electron chi connectivity index (χ4n) is 7.00. The fraction of sp³-hybridized carbons (Fsp3) is 0.386. The summed E-state index contributed by atoms with van der Waals surface area (Å²) in [6, 6.07) is 24.2. The molecule has 0 spiro atoms. The maximum Gasteiger partial charge on any atom is 0.255 e. The Morgan fingerprint density at radius 1 is 0.863 bits per heavy atom. The van der Waals surface area contributed by atoms with Crippen LogP contribution in [0.1, 0.15) is 73.3 Å². The quantitative estimate of drug-likeness (QED) is 0.112. The summed E-state index contributed by atoms with van der Waals surface area (Å²) in [5.41, 5.74) is 8.89. The van der Waals surface area contributed by atoms with Crippen LogP contribution in [0.15, 0.2) is 78.9 Å². The van der Waals surface area contributed by atoms with Crippen LogP contribution < -0.4 is 14.8 Å². The second kappa shape index (κ2) is 17.1. The average Bonchev–Trinajstić information content (AvgIpc) is 3.34. The molecule has 0 radical (unpaired) electrons. The van der Waals surface area contributed by atoms with Crippen LogP contribution in [0, 0.1) is 31.5 Å². The van der Waals surface area contributed by atoms with E-state index in [0.29, 0.717) is 34.2 Å². The summed E-state index contributed by atoms with van der Waals surface area (Å²) in [7, 11) is 3.11. The number of benzene rings is 4. The average molecular weight is 692 g/mol. The third kappa shape index (κ3) is 9.19. The molecule has 5 rings (SSSR count). The van der Waals surface area contributed by atoms with Crippen molar-refractivity contribution < 1.29 is 18.7 Å². The Hall–Kier alpha value is -4.62. The van der Waals surface area contributed by atoms with Crippen LogP contribution in [-0.2, 0) is 13.0 Å². The third-order valence-electron chi connectivity index (χ3n) is 9.85. The molecular formula is C44H54FN3O3. The highest BCUT2D eigenvalue weighted by Crippen LogP contribution is 2.41. The van der Waals surface area contributed by atoms with Gasteiger partial charge in [-0.1, -0.05) is 58.0 Å². The molecule has 1 N–H and O–H groups in total. The van der Waals surface area contributed by atoms with Crippen LogP contribution >= 0.6 is 0 Å². The van der Waals surface area contributed by atoms with Crippen LogP contribution in [0.3, 0.4) is 0 Å². The molecule has 7 heteroatoms. The Bertz CT molecular complexity index is 1900. The molecule has 1 aromatic heterocycles. The number of halogens is 1. The summed E-state index contributed by atoms with van der Waals surface area (Å²) >= 11 is 0. The zero-order valence-electron chi connectivity index (χ0n) is 31.6. The van der Waals surface area contributed by atoms with E-state index in [-0.39, 0.29) is 11.7 Å². The molecule has 0 aliphatic carbocycles. The molecule has 5 aromatic rings. The summed E-state index contributed by atoms with van der Waals surface area (Å²) < 4.78 is 27.4. The Labute approximate surface area is 303 Å². The number of carbonyl (C=O) groups excluding carboxylic acids is 1. The zero-order valence-corrected chi connectivity index (χ0v) is 31.6. The van der Waals surface area contributed by atoms with Gasteiger partial charge in [0.15, 0.2) is 0 Å². The number of aromatic nitrogens is 1. The molecule has 4 aromatic carbocycles. The standard InChI is InChI=1S/C44H54FN3O3/c1-9-21-47(22-20-29(2)3)27-30(4)28-48-32(6)31(5)39-24-34(12-19-40(39)48)23-33-10-13-36(14-11-33)44(49)46-38-25-41(50-7)43(42(26-38)51-8)35-15-17-37(45)18-16-35/h10-19,24-26,29-30H,9,20-23,27-28H2,1-8H3,(H,46,49). The minimum absolute atomic E-state index is 0.235. The van der Waals surface area contributed by atoms with Crippen molar-refractivity contribution in [3.63, 3.8) is 0 Å². The zero-order chi connectivity index (χ0) is 36.7. The van der Waals surface area contributed by atoms with E-state index in [1.165, 1.54) is 59.2 Å². The number of hydrogen-bond acceptors (Lipinski definition) is 4. The largest absolute Gasteiger partial charge is 0.496 e. The number of nitrogens with one attached hydrogen (secondary N) is 1. The van der Waals surface area contributed by atoms with E-state index in [0.717, 1.165) is 43.1 Å². The number of anilines is 1. The van der Waals surface area contributed by atoms with Crippen LogP contribution in [0.2, 0.25) is 0 Å². The smallest absolute Gasteiger partial charge is 0.255 e. The highest BCUT2D eigenvalue weighted by molar-refractivity contribution is 6.04. The number of methoxy groups -OCH3 is 2. The minimum atomic E-state index is -0.324. The molecule has 1 amide bonds. The maximum absolute atomic E-state index is 13.6. The van der Waals surface area contributed by atoms with Crippen LogP contribution in [0.5, 0.6) is 11.5 Å². The number of ether oxygens (including phenoxy) is 2. The lowest BCUT2D eigenvalue weighted by Crippen LogP contribution is -2.32. The second-order valence-electron chi connectivity index (χ2n) is 14.4. The van der Waals surface area contributed by atoms with Gasteiger partial charge < -0.3 is 24.3 Å². The van der Waals surface area contributed by atoms with Crippen molar-refractivity contribution in [1.29, 1.82) is 0 Å². The van der Waals surface area contributed by atoms with Crippen molar-refractivity contribution in [3.05, 3.63) is 113 Å². The van der Waals surface area contributed by atoms with Crippen LogP contribution in [0.4, 0.5) is 10.1 Å². The molecule has 6 nitrogen and oxygen atoms in total. The van der Waals surface area contributed by atoms with Crippen molar-refractivity contribution in [2.45, 2.75) is 67.3 Å². The Balaban J connectivity index is 1.26. The van der Waals surface area contributed by atoms with E-state index in [9.17, 15) is 9.18 Å². The van der Waals surface area contributed by atoms with E-state index < -0.39 is 0 Å². The molecule has 0 saturated carbocycles. The summed E-state index contributed by atoms with van der Waals surface area (Å²) in [5, 5.41) is 4.29. The van der Waals surface area contributed by atoms with Gasteiger partial charge in [0.1, 0.15) is 17.3 Å². The third-order valence-corrected chi connectivity index (χ3v) is 9.85. The van der Waals surface area contributed by atoms with Gasteiger partial charge in [-0.25, -0.2) is 4.39 Å². The van der Waals surface area contributed by atoms with Gasteiger partial charge in [0.2, 0.25) is 0 Å². The van der Waals surface area contributed by atoms with Gasteiger partial charge in [0.25, 0.3) is 5.91 Å². The van der Waals surface area contributed by atoms with Gasteiger partial charge in [-0.3, -0.25) is 4.79 Å². The van der Waals surface area contributed by atoms with Gasteiger partial charge in [0, 0.05) is 53.1 Å². The van der Waals surface area contributed by atoms with Crippen molar-refractivity contribution in [1.82, 2.24) is 9.47 Å². The van der Waals surface area contributed by atoms with Crippen LogP contribution in [-0.4, -0.2) is 49.2 Å². The summed E-state index contributed by atoms with van der Waals surface area (Å²) in [6.07, 6.45) is 3.21. The number of amides is 1. The van der Waals surface area contributed by atoms with E-state index in [2.05, 4.69) is 74.5 Å². The monoisotopic (exact) mass is 691 g/mol. The molecule has 0 fully saturated rings. The Kier molecular flexibility index (Phi) is 12.6. The summed E-state index contributed by atoms with van der Waals surface area (Å²) in [4.78, 5) is 15.9. The lowest BCUT2D eigenvalue weighted by Gasteiger charge is -2.27. The van der Waals surface area contributed by atoms with Gasteiger partial charge in [-0.15, -0.1) is 0 Å². The molecule has 0 aliphatic rings. The number of rotatable bonds is 16. The van der Waals surface area contributed by atoms with Gasteiger partial charge in [-0.2, -0.15) is 0 Å². The topological polar surface area (TPSA) is 55.7 Å². The number of nitrogens with zero attached hydrogens (tertiary/aromatic N) is 2. The maximum atomic E-state index is 13.6. The minimum Gasteiger partial charge on any atom is -0.496 e. The lowest BCUT2D eigenvalue weighted by molar-refractivity contribution is 0.102. The molecular weight excluding hydrogens is 638 g/mol. The highest BCUT2D eigenvalue weighted by Gasteiger charge is 2.18. The second-order valence-corrected chi connectivity index (χ2v) is 14.4. The Morgan fingerprint density at radius 3 is 2.12 bits per heavy atom. The van der Waals surface area contributed by atoms with Gasteiger partial charge in [0.05, 0.1) is 19.8 Å². The molecule has 0 saturated heterocycles. The number of hydrogen-bond donors (Lipinski definition) is 1. The predicted octanol–water partition coefficient (Wildman–Crippen LogP) is 10.3. The highest BCUT2D eigenvalue weighted by atomic mass is 19.1. The van der Waals surface area contributed by atoms with E-state index in [1.807, 2.05) is 24.3 Å². The molecule has 0 aliphatic heterocycles. The van der Waals surface area contributed by atoms with Crippen LogP contribution in [0.25, 0.3) is 22.0 Å². The van der Waals surface area contributed by atoms with Crippen molar-refractivity contribution >= 4 is 22.5 Å². The molecule has 1 atom stereocenters. The molecule has 0 bridgehead atoms. The van der Waals surface area contributed by atoms with Crippen molar-refractivity contribution in [2.24, 2.45) is 11.8 Å². The summed E-state index contributed by atoms with van der Waals surface area (Å²) in [5.74, 6) is 1.74.